The monoisotopic (exact) mass is 296 g/mol. The minimum atomic E-state index is -0.196. The Morgan fingerprint density at radius 1 is 1.30 bits per heavy atom. The standard InChI is InChI=1S/C13H17ClN4O2/c1-9(14)12-15-10-3-4-11(19-2)16-13(10)18(12)17-5-7-20-8-6-17/h3-4,9H,5-8H2,1-2H3. The highest BCUT2D eigenvalue weighted by Gasteiger charge is 2.22. The molecule has 0 spiro atoms. The molecule has 1 aliphatic heterocycles. The minimum Gasteiger partial charge on any atom is -0.481 e. The molecule has 1 aliphatic rings. The van der Waals surface area contributed by atoms with Gasteiger partial charge >= 0.3 is 0 Å². The van der Waals surface area contributed by atoms with Gasteiger partial charge in [-0.15, -0.1) is 11.6 Å². The number of hydrogen-bond donors (Lipinski definition) is 0. The molecule has 1 saturated heterocycles. The normalized spacial score (nSPS) is 17.4. The minimum absolute atomic E-state index is 0.196. The molecule has 0 bridgehead atoms. The van der Waals surface area contributed by atoms with Crippen molar-refractivity contribution in [3.8, 4) is 5.88 Å². The first-order valence-electron chi connectivity index (χ1n) is 6.61. The molecule has 7 heteroatoms. The Labute approximate surface area is 122 Å². The molecule has 1 atom stereocenters. The summed E-state index contributed by atoms with van der Waals surface area (Å²) in [5, 5.41) is 1.97. The van der Waals surface area contributed by atoms with E-state index in [1.165, 1.54) is 0 Å². The number of nitrogens with zero attached hydrogens (tertiary/aromatic N) is 4. The number of ether oxygens (including phenoxy) is 2. The predicted octanol–water partition coefficient (Wildman–Crippen LogP) is 1.71. The molecule has 20 heavy (non-hydrogen) atoms. The summed E-state index contributed by atoms with van der Waals surface area (Å²) in [6.45, 7) is 4.89. The fourth-order valence-corrected chi connectivity index (χ4v) is 2.49. The summed E-state index contributed by atoms with van der Waals surface area (Å²) in [5.74, 6) is 1.37. The van der Waals surface area contributed by atoms with Crippen LogP contribution in [0.3, 0.4) is 0 Å². The van der Waals surface area contributed by atoms with Crippen LogP contribution >= 0.6 is 11.6 Å². The molecule has 6 nitrogen and oxygen atoms in total. The number of rotatable bonds is 3. The third kappa shape index (κ3) is 2.29. The maximum Gasteiger partial charge on any atom is 0.215 e. The van der Waals surface area contributed by atoms with Crippen LogP contribution in [0.4, 0.5) is 0 Å². The summed E-state index contributed by atoms with van der Waals surface area (Å²) in [6, 6.07) is 3.71. The van der Waals surface area contributed by atoms with Gasteiger partial charge in [-0.05, 0) is 13.0 Å². The van der Waals surface area contributed by atoms with Crippen LogP contribution in [0.1, 0.15) is 18.1 Å². The predicted molar refractivity (Wildman–Crippen MR) is 77.1 cm³/mol. The van der Waals surface area contributed by atoms with Gasteiger partial charge in [-0.25, -0.2) is 9.66 Å². The molecule has 3 rings (SSSR count). The van der Waals surface area contributed by atoms with Crippen molar-refractivity contribution < 1.29 is 9.47 Å². The smallest absolute Gasteiger partial charge is 0.215 e. The highest BCUT2D eigenvalue weighted by atomic mass is 35.5. The van der Waals surface area contributed by atoms with Gasteiger partial charge in [-0.2, -0.15) is 4.98 Å². The quantitative estimate of drug-likeness (QED) is 0.807. The van der Waals surface area contributed by atoms with Crippen LogP contribution in [-0.4, -0.2) is 48.1 Å². The lowest BCUT2D eigenvalue weighted by molar-refractivity contribution is 0.111. The fraction of sp³-hybridized carbons (Fsp3) is 0.538. The summed E-state index contributed by atoms with van der Waals surface area (Å²) >= 11 is 6.27. The Morgan fingerprint density at radius 2 is 2.05 bits per heavy atom. The second-order valence-electron chi connectivity index (χ2n) is 4.66. The lowest BCUT2D eigenvalue weighted by atomic mass is 10.4. The number of fused-ring (bicyclic) bond motifs is 1. The van der Waals surface area contributed by atoms with Crippen LogP contribution in [0.25, 0.3) is 11.2 Å². The summed E-state index contributed by atoms with van der Waals surface area (Å²) in [4.78, 5) is 9.10. The average molecular weight is 297 g/mol. The zero-order chi connectivity index (χ0) is 14.1. The topological polar surface area (TPSA) is 52.4 Å². The van der Waals surface area contributed by atoms with Crippen LogP contribution in [-0.2, 0) is 4.74 Å². The number of pyridine rings is 1. The average Bonchev–Trinajstić information content (AvgIpc) is 2.86. The van der Waals surface area contributed by atoms with Gasteiger partial charge in [0.2, 0.25) is 5.88 Å². The van der Waals surface area contributed by atoms with Gasteiger partial charge in [-0.1, -0.05) is 0 Å². The van der Waals surface area contributed by atoms with Crippen LogP contribution in [0.2, 0.25) is 0 Å². The molecule has 0 aliphatic carbocycles. The molecule has 0 N–H and O–H groups in total. The van der Waals surface area contributed by atoms with E-state index in [1.807, 2.05) is 23.7 Å². The van der Waals surface area contributed by atoms with Crippen LogP contribution in [0.5, 0.6) is 5.88 Å². The van der Waals surface area contributed by atoms with E-state index in [2.05, 4.69) is 15.0 Å². The number of halogens is 1. The summed E-state index contributed by atoms with van der Waals surface area (Å²) in [6.07, 6.45) is 0. The molecular weight excluding hydrogens is 280 g/mol. The number of imidazole rings is 1. The van der Waals surface area contributed by atoms with Gasteiger partial charge in [-0.3, -0.25) is 0 Å². The van der Waals surface area contributed by atoms with E-state index in [0.717, 1.165) is 30.1 Å². The van der Waals surface area contributed by atoms with Gasteiger partial charge in [0.1, 0.15) is 11.3 Å². The maximum absolute atomic E-state index is 6.27. The van der Waals surface area contributed by atoms with Crippen LogP contribution < -0.4 is 9.75 Å². The Kier molecular flexibility index (Phi) is 3.67. The molecule has 0 amide bonds. The summed E-state index contributed by atoms with van der Waals surface area (Å²) in [7, 11) is 1.61. The molecule has 3 heterocycles. The Balaban J connectivity index is 2.15. The SMILES string of the molecule is COc1ccc2nc(C(C)Cl)n(N3CCOCC3)c2n1. The number of methoxy groups -OCH3 is 1. The highest BCUT2D eigenvalue weighted by molar-refractivity contribution is 6.20. The Hall–Kier alpha value is -1.53. The number of morpholine rings is 1. The first kappa shape index (κ1) is 13.5. The van der Waals surface area contributed by atoms with E-state index in [9.17, 15) is 0 Å². The van der Waals surface area contributed by atoms with Crippen molar-refractivity contribution in [1.82, 2.24) is 14.6 Å². The molecular formula is C13H17ClN4O2. The van der Waals surface area contributed by atoms with Crippen molar-refractivity contribution in [2.45, 2.75) is 12.3 Å². The van der Waals surface area contributed by atoms with E-state index < -0.39 is 0 Å². The molecule has 0 saturated carbocycles. The largest absolute Gasteiger partial charge is 0.481 e. The molecule has 2 aromatic heterocycles. The van der Waals surface area contributed by atoms with E-state index in [-0.39, 0.29) is 5.38 Å². The van der Waals surface area contributed by atoms with Gasteiger partial charge in [0, 0.05) is 6.07 Å². The Morgan fingerprint density at radius 3 is 2.70 bits per heavy atom. The van der Waals surface area contributed by atoms with E-state index in [4.69, 9.17) is 21.1 Å². The number of alkyl halides is 1. The number of hydrogen-bond acceptors (Lipinski definition) is 5. The molecule has 2 aromatic rings. The van der Waals surface area contributed by atoms with Crippen molar-refractivity contribution >= 4 is 22.8 Å². The Bertz CT molecular complexity index is 608. The summed E-state index contributed by atoms with van der Waals surface area (Å²) in [5.41, 5.74) is 1.59. The van der Waals surface area contributed by atoms with E-state index in [0.29, 0.717) is 19.1 Å². The van der Waals surface area contributed by atoms with E-state index >= 15 is 0 Å². The molecule has 1 unspecified atom stereocenters. The van der Waals surface area contributed by atoms with Gasteiger partial charge in [0.25, 0.3) is 0 Å². The third-order valence-corrected chi connectivity index (χ3v) is 3.51. The van der Waals surface area contributed by atoms with Gasteiger partial charge in [0.05, 0.1) is 38.8 Å². The number of aromatic nitrogens is 3. The first-order chi connectivity index (χ1) is 9.70. The zero-order valence-corrected chi connectivity index (χ0v) is 12.3. The molecule has 0 radical (unpaired) electrons. The van der Waals surface area contributed by atoms with E-state index in [1.54, 1.807) is 7.11 Å². The molecule has 108 valence electrons. The van der Waals surface area contributed by atoms with Gasteiger partial charge in [0.15, 0.2) is 5.65 Å². The van der Waals surface area contributed by atoms with Crippen molar-refractivity contribution in [3.63, 3.8) is 0 Å². The van der Waals surface area contributed by atoms with Crippen LogP contribution in [0, 0.1) is 0 Å². The second-order valence-corrected chi connectivity index (χ2v) is 5.31. The third-order valence-electron chi connectivity index (χ3n) is 3.32. The second kappa shape index (κ2) is 5.46. The van der Waals surface area contributed by atoms with Gasteiger partial charge < -0.3 is 14.5 Å². The highest BCUT2D eigenvalue weighted by Crippen LogP contribution is 2.25. The summed E-state index contributed by atoms with van der Waals surface area (Å²) < 4.78 is 12.6. The van der Waals surface area contributed by atoms with Crippen molar-refractivity contribution in [3.05, 3.63) is 18.0 Å². The van der Waals surface area contributed by atoms with Crippen LogP contribution in [0.15, 0.2) is 12.1 Å². The van der Waals surface area contributed by atoms with Crippen molar-refractivity contribution in [2.75, 3.05) is 38.4 Å². The lowest BCUT2D eigenvalue weighted by Gasteiger charge is -2.31. The zero-order valence-electron chi connectivity index (χ0n) is 11.5. The molecule has 1 fully saturated rings. The first-order valence-corrected chi connectivity index (χ1v) is 7.05. The maximum atomic E-state index is 6.27. The molecule has 0 aromatic carbocycles. The fourth-order valence-electron chi connectivity index (χ4n) is 2.35. The lowest BCUT2D eigenvalue weighted by Crippen LogP contribution is -2.44. The van der Waals surface area contributed by atoms with Crippen molar-refractivity contribution in [1.29, 1.82) is 0 Å². The van der Waals surface area contributed by atoms with Crippen molar-refractivity contribution in [2.24, 2.45) is 0 Å².